The number of aromatic hydroxyl groups is 1. The van der Waals surface area contributed by atoms with Crippen LogP contribution in [-0.4, -0.2) is 36.1 Å². The van der Waals surface area contributed by atoms with Crippen LogP contribution >= 0.6 is 31.9 Å². The molecule has 0 radical (unpaired) electrons. The minimum absolute atomic E-state index is 0.0531. The highest BCUT2D eigenvalue weighted by Crippen LogP contribution is 2.22. The molecule has 2 N–H and O–H groups in total. The van der Waals surface area contributed by atoms with Crippen molar-refractivity contribution in [3.8, 4) is 5.75 Å². The van der Waals surface area contributed by atoms with Crippen LogP contribution in [-0.2, 0) is 4.74 Å². The number of phenolic OH excluding ortho intramolecular Hbond substituents is 1. The number of halogens is 2. The van der Waals surface area contributed by atoms with Crippen molar-refractivity contribution in [3.05, 3.63) is 28.2 Å². The van der Waals surface area contributed by atoms with Crippen LogP contribution in [0.5, 0.6) is 5.75 Å². The molecule has 1 aromatic rings. The van der Waals surface area contributed by atoms with Crippen molar-refractivity contribution in [1.29, 1.82) is 0 Å². The van der Waals surface area contributed by atoms with E-state index in [4.69, 9.17) is 4.74 Å². The number of phenols is 1. The molecular formula is C11H13Br2NO3. The van der Waals surface area contributed by atoms with E-state index < -0.39 is 0 Å². The van der Waals surface area contributed by atoms with Crippen LogP contribution in [0.25, 0.3) is 0 Å². The highest BCUT2D eigenvalue weighted by molar-refractivity contribution is 9.10. The van der Waals surface area contributed by atoms with Gasteiger partial charge in [0.05, 0.1) is 18.2 Å². The van der Waals surface area contributed by atoms with E-state index in [0.717, 1.165) is 4.47 Å². The molecule has 0 bridgehead atoms. The van der Waals surface area contributed by atoms with Crippen LogP contribution in [0.15, 0.2) is 22.7 Å². The number of hydrogen-bond acceptors (Lipinski definition) is 3. The number of benzene rings is 1. The maximum absolute atomic E-state index is 11.9. The molecule has 6 heteroatoms. The van der Waals surface area contributed by atoms with E-state index in [0.29, 0.717) is 11.9 Å². The fourth-order valence-corrected chi connectivity index (χ4v) is 1.98. The molecule has 1 rings (SSSR count). The van der Waals surface area contributed by atoms with Crippen LogP contribution in [0, 0.1) is 0 Å². The second-order valence-corrected chi connectivity index (χ2v) is 5.00. The standard InChI is InChI=1S/C11H13Br2NO3/c1-17-6-8(5-12)14-11(16)9-3-2-7(13)4-10(9)15/h2-4,8,15H,5-6H2,1H3,(H,14,16). The second-order valence-electron chi connectivity index (χ2n) is 3.44. The summed E-state index contributed by atoms with van der Waals surface area (Å²) in [7, 11) is 1.57. The first-order chi connectivity index (χ1) is 8.08. The zero-order valence-corrected chi connectivity index (χ0v) is 12.4. The lowest BCUT2D eigenvalue weighted by atomic mass is 10.2. The smallest absolute Gasteiger partial charge is 0.255 e. The van der Waals surface area contributed by atoms with Crippen LogP contribution in [0.2, 0.25) is 0 Å². The summed E-state index contributed by atoms with van der Waals surface area (Å²) in [5.74, 6) is -0.376. The molecule has 1 amide bonds. The summed E-state index contributed by atoms with van der Waals surface area (Å²) in [6.45, 7) is 0.411. The quantitative estimate of drug-likeness (QED) is 0.786. The molecule has 1 aromatic carbocycles. The molecule has 0 aromatic heterocycles. The molecule has 0 heterocycles. The Bertz CT molecular complexity index is 398. The Labute approximate surface area is 117 Å². The molecule has 17 heavy (non-hydrogen) atoms. The Hall–Kier alpha value is -0.590. The Morgan fingerprint density at radius 1 is 1.59 bits per heavy atom. The Morgan fingerprint density at radius 3 is 2.82 bits per heavy atom. The lowest BCUT2D eigenvalue weighted by Gasteiger charge is -2.15. The SMILES string of the molecule is COCC(CBr)NC(=O)c1ccc(Br)cc1O. The monoisotopic (exact) mass is 365 g/mol. The average Bonchev–Trinajstić information content (AvgIpc) is 2.28. The number of methoxy groups -OCH3 is 1. The van der Waals surface area contributed by atoms with Gasteiger partial charge < -0.3 is 15.2 Å². The van der Waals surface area contributed by atoms with Crippen LogP contribution < -0.4 is 5.32 Å². The first kappa shape index (κ1) is 14.5. The highest BCUT2D eigenvalue weighted by atomic mass is 79.9. The number of carbonyl (C=O) groups is 1. The molecule has 0 aliphatic heterocycles. The molecular weight excluding hydrogens is 354 g/mol. The number of carbonyl (C=O) groups excluding carboxylic acids is 1. The van der Waals surface area contributed by atoms with Gasteiger partial charge in [0.25, 0.3) is 5.91 Å². The maximum Gasteiger partial charge on any atom is 0.255 e. The first-order valence-electron chi connectivity index (χ1n) is 4.92. The Balaban J connectivity index is 2.75. The largest absolute Gasteiger partial charge is 0.507 e. The van der Waals surface area contributed by atoms with E-state index in [1.807, 2.05) is 0 Å². The van der Waals surface area contributed by atoms with Gasteiger partial charge in [0, 0.05) is 16.9 Å². The molecule has 1 atom stereocenters. The topological polar surface area (TPSA) is 58.6 Å². The Morgan fingerprint density at radius 2 is 2.29 bits per heavy atom. The minimum Gasteiger partial charge on any atom is -0.507 e. The number of rotatable bonds is 5. The molecule has 1 unspecified atom stereocenters. The van der Waals surface area contributed by atoms with Gasteiger partial charge in [0.15, 0.2) is 0 Å². The second kappa shape index (κ2) is 6.98. The summed E-state index contributed by atoms with van der Waals surface area (Å²) < 4.78 is 5.69. The zero-order chi connectivity index (χ0) is 12.8. The summed E-state index contributed by atoms with van der Waals surface area (Å²) in [5, 5.41) is 13.0. The van der Waals surface area contributed by atoms with Gasteiger partial charge in [-0.25, -0.2) is 0 Å². The van der Waals surface area contributed by atoms with E-state index in [1.54, 1.807) is 19.2 Å². The summed E-state index contributed by atoms with van der Waals surface area (Å²) in [6, 6.07) is 4.62. The van der Waals surface area contributed by atoms with E-state index >= 15 is 0 Å². The number of nitrogens with one attached hydrogen (secondary N) is 1. The molecule has 0 fully saturated rings. The van der Waals surface area contributed by atoms with E-state index in [-0.39, 0.29) is 23.3 Å². The number of hydrogen-bond donors (Lipinski definition) is 2. The molecule has 0 aliphatic carbocycles. The maximum atomic E-state index is 11.9. The Kier molecular flexibility index (Phi) is 5.94. The van der Waals surface area contributed by atoms with Gasteiger partial charge in [-0.05, 0) is 18.2 Å². The lowest BCUT2D eigenvalue weighted by molar-refractivity contribution is 0.0905. The van der Waals surface area contributed by atoms with Crippen molar-refractivity contribution < 1.29 is 14.6 Å². The van der Waals surface area contributed by atoms with Gasteiger partial charge in [0.1, 0.15) is 5.75 Å². The van der Waals surface area contributed by atoms with Gasteiger partial charge in [-0.2, -0.15) is 0 Å². The van der Waals surface area contributed by atoms with E-state index in [1.165, 1.54) is 6.07 Å². The summed E-state index contributed by atoms with van der Waals surface area (Å²) in [6.07, 6.45) is 0. The third kappa shape index (κ3) is 4.29. The summed E-state index contributed by atoms with van der Waals surface area (Å²) >= 11 is 6.50. The fraction of sp³-hybridized carbons (Fsp3) is 0.364. The third-order valence-corrected chi connectivity index (χ3v) is 3.37. The normalized spacial score (nSPS) is 12.2. The van der Waals surface area contributed by atoms with Crippen molar-refractivity contribution in [1.82, 2.24) is 5.32 Å². The number of ether oxygens (including phenoxy) is 1. The minimum atomic E-state index is -0.323. The molecule has 0 aliphatic rings. The number of alkyl halides is 1. The van der Waals surface area contributed by atoms with Crippen molar-refractivity contribution in [2.45, 2.75) is 6.04 Å². The summed E-state index contributed by atoms with van der Waals surface area (Å²) in [4.78, 5) is 11.9. The van der Waals surface area contributed by atoms with E-state index in [9.17, 15) is 9.90 Å². The average molecular weight is 367 g/mol. The number of amides is 1. The molecule has 94 valence electrons. The predicted molar refractivity (Wildman–Crippen MR) is 72.7 cm³/mol. The predicted octanol–water partition coefficient (Wildman–Crippen LogP) is 2.29. The zero-order valence-electron chi connectivity index (χ0n) is 9.24. The van der Waals surface area contributed by atoms with E-state index in [2.05, 4.69) is 37.2 Å². The van der Waals surface area contributed by atoms with Crippen LogP contribution in [0.3, 0.4) is 0 Å². The summed E-state index contributed by atoms with van der Waals surface area (Å²) in [5.41, 5.74) is 0.246. The van der Waals surface area contributed by atoms with Crippen molar-refractivity contribution >= 4 is 37.8 Å². The van der Waals surface area contributed by atoms with Gasteiger partial charge >= 0.3 is 0 Å². The fourth-order valence-electron chi connectivity index (χ4n) is 1.29. The highest BCUT2D eigenvalue weighted by Gasteiger charge is 2.15. The molecule has 0 spiro atoms. The first-order valence-corrected chi connectivity index (χ1v) is 6.84. The molecule has 4 nitrogen and oxygen atoms in total. The van der Waals surface area contributed by atoms with Gasteiger partial charge in [-0.3, -0.25) is 4.79 Å². The molecule has 0 saturated heterocycles. The van der Waals surface area contributed by atoms with Crippen LogP contribution in [0.4, 0.5) is 0 Å². The van der Waals surface area contributed by atoms with Gasteiger partial charge in [0.2, 0.25) is 0 Å². The van der Waals surface area contributed by atoms with Crippen LogP contribution in [0.1, 0.15) is 10.4 Å². The van der Waals surface area contributed by atoms with Crippen molar-refractivity contribution in [3.63, 3.8) is 0 Å². The van der Waals surface area contributed by atoms with Crippen molar-refractivity contribution in [2.24, 2.45) is 0 Å². The van der Waals surface area contributed by atoms with Crippen molar-refractivity contribution in [2.75, 3.05) is 19.0 Å². The van der Waals surface area contributed by atoms with Gasteiger partial charge in [-0.15, -0.1) is 0 Å². The third-order valence-electron chi connectivity index (χ3n) is 2.09. The van der Waals surface area contributed by atoms with Gasteiger partial charge in [-0.1, -0.05) is 31.9 Å². The molecule has 0 saturated carbocycles. The lowest BCUT2D eigenvalue weighted by Crippen LogP contribution is -2.39.